The number of carbonyl (C=O) groups excluding carboxylic acids is 1. The number of unbranched alkanes of at least 4 members (excludes halogenated alkanes) is 1. The first kappa shape index (κ1) is 14.8. The fourth-order valence-electron chi connectivity index (χ4n) is 2.90. The number of benzene rings is 1. The largest absolute Gasteiger partial charge is 0.392 e. The van der Waals surface area contributed by atoms with E-state index in [0.29, 0.717) is 12.5 Å². The minimum Gasteiger partial charge on any atom is -0.392 e. The number of aryl methyl sites for hydroxylation is 1. The first-order chi connectivity index (χ1) is 10.7. The lowest BCUT2D eigenvalue weighted by Gasteiger charge is -2.15. The van der Waals surface area contributed by atoms with E-state index in [-0.39, 0.29) is 12.5 Å². The van der Waals surface area contributed by atoms with Gasteiger partial charge in [-0.05, 0) is 18.9 Å². The molecule has 1 aromatic heterocycles. The molecule has 2 aromatic rings. The lowest BCUT2D eigenvalue weighted by Crippen LogP contribution is -2.26. The monoisotopic (exact) mass is 299 g/mol. The van der Waals surface area contributed by atoms with Crippen LogP contribution in [0.5, 0.6) is 0 Å². The molecule has 0 saturated heterocycles. The molecule has 5 heteroatoms. The average Bonchev–Trinajstić information content (AvgIpc) is 3.01. The maximum Gasteiger partial charge on any atom is 0.291 e. The highest BCUT2D eigenvalue weighted by Gasteiger charge is 2.32. The molecule has 0 bridgehead atoms. The minimum absolute atomic E-state index is 0.0229. The molecule has 3 rings (SSSR count). The number of hydrogen-bond donors (Lipinski definition) is 1. The molecule has 0 spiro atoms. The zero-order valence-corrected chi connectivity index (χ0v) is 13.0. The minimum atomic E-state index is 0.0229. The molecule has 0 atom stereocenters. The predicted octanol–water partition coefficient (Wildman–Crippen LogP) is 2.56. The van der Waals surface area contributed by atoms with E-state index in [0.717, 1.165) is 41.9 Å². The number of aromatic nitrogens is 2. The molecule has 116 valence electrons. The summed E-state index contributed by atoms with van der Waals surface area (Å²) >= 11 is 0. The Morgan fingerprint density at radius 2 is 2.00 bits per heavy atom. The standard InChI is InChI=1S/C17H21N3O2/c1-3-4-9-19-11-20-15(12(2)18-16(20)17(19)22)14-7-5-13(10-21)6-8-14/h5-8,21H,3-4,9-11H2,1-2H3. The number of amides is 1. The number of carbonyl (C=O) groups is 1. The molecule has 5 nitrogen and oxygen atoms in total. The van der Waals surface area contributed by atoms with E-state index in [9.17, 15) is 4.79 Å². The molecule has 2 heterocycles. The van der Waals surface area contributed by atoms with Crippen LogP contribution in [0.3, 0.4) is 0 Å². The van der Waals surface area contributed by atoms with Crippen molar-refractivity contribution in [3.05, 3.63) is 41.3 Å². The van der Waals surface area contributed by atoms with Gasteiger partial charge < -0.3 is 14.6 Å². The van der Waals surface area contributed by atoms with Crippen LogP contribution in [0, 0.1) is 6.92 Å². The predicted molar refractivity (Wildman–Crippen MR) is 84.3 cm³/mol. The van der Waals surface area contributed by atoms with Gasteiger partial charge in [0.25, 0.3) is 5.91 Å². The van der Waals surface area contributed by atoms with Crippen molar-refractivity contribution < 1.29 is 9.90 Å². The van der Waals surface area contributed by atoms with Gasteiger partial charge >= 0.3 is 0 Å². The smallest absolute Gasteiger partial charge is 0.291 e. The van der Waals surface area contributed by atoms with E-state index in [1.54, 1.807) is 0 Å². The van der Waals surface area contributed by atoms with Crippen LogP contribution in [-0.2, 0) is 13.3 Å². The Labute approximate surface area is 130 Å². The molecule has 1 aliphatic rings. The maximum atomic E-state index is 12.4. The zero-order valence-electron chi connectivity index (χ0n) is 13.0. The Hall–Kier alpha value is -2.14. The fraction of sp³-hybridized carbons (Fsp3) is 0.412. The normalized spacial score (nSPS) is 13.8. The molecular weight excluding hydrogens is 278 g/mol. The number of nitrogens with zero attached hydrogens (tertiary/aromatic N) is 3. The van der Waals surface area contributed by atoms with Gasteiger partial charge in [-0.3, -0.25) is 4.79 Å². The third kappa shape index (κ3) is 2.41. The summed E-state index contributed by atoms with van der Waals surface area (Å²) < 4.78 is 2.00. The molecular formula is C17H21N3O2. The lowest BCUT2D eigenvalue weighted by molar-refractivity contribution is 0.0763. The summed E-state index contributed by atoms with van der Waals surface area (Å²) in [5, 5.41) is 9.15. The van der Waals surface area contributed by atoms with Gasteiger partial charge in [0, 0.05) is 12.1 Å². The number of aliphatic hydroxyl groups is 1. The summed E-state index contributed by atoms with van der Waals surface area (Å²) in [6, 6.07) is 7.75. The van der Waals surface area contributed by atoms with E-state index < -0.39 is 0 Å². The van der Waals surface area contributed by atoms with Crippen LogP contribution >= 0.6 is 0 Å². The quantitative estimate of drug-likeness (QED) is 0.923. The zero-order chi connectivity index (χ0) is 15.7. The van der Waals surface area contributed by atoms with Gasteiger partial charge in [0.1, 0.15) is 0 Å². The van der Waals surface area contributed by atoms with Crippen LogP contribution in [-0.4, -0.2) is 32.0 Å². The molecule has 1 aromatic carbocycles. The second-order valence-corrected chi connectivity index (χ2v) is 5.72. The summed E-state index contributed by atoms with van der Waals surface area (Å²) in [4.78, 5) is 18.7. The van der Waals surface area contributed by atoms with Crippen LogP contribution in [0.15, 0.2) is 24.3 Å². The molecule has 1 amide bonds. The molecule has 1 N–H and O–H groups in total. The first-order valence-electron chi connectivity index (χ1n) is 7.72. The number of aliphatic hydroxyl groups excluding tert-OH is 1. The van der Waals surface area contributed by atoms with Gasteiger partial charge in [-0.2, -0.15) is 0 Å². The molecule has 0 fully saturated rings. The highest BCUT2D eigenvalue weighted by Crippen LogP contribution is 2.29. The average molecular weight is 299 g/mol. The molecule has 22 heavy (non-hydrogen) atoms. The van der Waals surface area contributed by atoms with E-state index in [4.69, 9.17) is 5.11 Å². The summed E-state index contributed by atoms with van der Waals surface area (Å²) in [7, 11) is 0. The van der Waals surface area contributed by atoms with Gasteiger partial charge in [0.2, 0.25) is 5.82 Å². The molecule has 1 aliphatic heterocycles. The summed E-state index contributed by atoms with van der Waals surface area (Å²) in [5.41, 5.74) is 3.77. The second-order valence-electron chi connectivity index (χ2n) is 5.72. The van der Waals surface area contributed by atoms with Crippen LogP contribution < -0.4 is 0 Å². The van der Waals surface area contributed by atoms with Gasteiger partial charge in [0.05, 0.1) is 24.7 Å². The van der Waals surface area contributed by atoms with E-state index in [1.807, 2.05) is 40.7 Å². The Balaban J connectivity index is 1.95. The number of imidazole rings is 1. The van der Waals surface area contributed by atoms with Crippen LogP contribution in [0.4, 0.5) is 0 Å². The van der Waals surface area contributed by atoms with Crippen LogP contribution in [0.1, 0.15) is 41.6 Å². The topological polar surface area (TPSA) is 58.4 Å². The van der Waals surface area contributed by atoms with E-state index in [2.05, 4.69) is 11.9 Å². The molecule has 0 unspecified atom stereocenters. The molecule has 0 saturated carbocycles. The third-order valence-corrected chi connectivity index (χ3v) is 4.12. The first-order valence-corrected chi connectivity index (χ1v) is 7.72. The van der Waals surface area contributed by atoms with Crippen LogP contribution in [0.25, 0.3) is 11.3 Å². The van der Waals surface area contributed by atoms with Crippen molar-refractivity contribution >= 4 is 5.91 Å². The van der Waals surface area contributed by atoms with Crippen molar-refractivity contribution in [1.29, 1.82) is 0 Å². The van der Waals surface area contributed by atoms with Crippen molar-refractivity contribution in [2.24, 2.45) is 0 Å². The van der Waals surface area contributed by atoms with Crippen molar-refractivity contribution in [2.75, 3.05) is 6.54 Å². The van der Waals surface area contributed by atoms with Crippen molar-refractivity contribution in [3.8, 4) is 11.3 Å². The van der Waals surface area contributed by atoms with Crippen molar-refractivity contribution in [2.45, 2.75) is 40.0 Å². The SMILES string of the molecule is CCCCN1Cn2c(nc(C)c2-c2ccc(CO)cc2)C1=O. The summed E-state index contributed by atoms with van der Waals surface area (Å²) in [6.45, 7) is 5.45. The number of hydrogen-bond acceptors (Lipinski definition) is 3. The van der Waals surface area contributed by atoms with Crippen molar-refractivity contribution in [1.82, 2.24) is 14.5 Å². The Morgan fingerprint density at radius 1 is 1.27 bits per heavy atom. The highest BCUT2D eigenvalue weighted by molar-refractivity contribution is 5.94. The maximum absolute atomic E-state index is 12.4. The van der Waals surface area contributed by atoms with Gasteiger partial charge in [-0.15, -0.1) is 0 Å². The highest BCUT2D eigenvalue weighted by atomic mass is 16.3. The number of fused-ring (bicyclic) bond motifs is 1. The Kier molecular flexibility index (Phi) is 3.98. The second kappa shape index (κ2) is 5.93. The van der Waals surface area contributed by atoms with Crippen molar-refractivity contribution in [3.63, 3.8) is 0 Å². The third-order valence-electron chi connectivity index (χ3n) is 4.12. The Morgan fingerprint density at radius 3 is 2.64 bits per heavy atom. The van der Waals surface area contributed by atoms with Crippen LogP contribution in [0.2, 0.25) is 0 Å². The molecule has 0 radical (unpaired) electrons. The summed E-state index contributed by atoms with van der Waals surface area (Å²) in [5.74, 6) is 0.560. The van der Waals surface area contributed by atoms with Gasteiger partial charge in [-0.25, -0.2) is 4.98 Å². The van der Waals surface area contributed by atoms with Gasteiger partial charge in [0.15, 0.2) is 0 Å². The molecule has 0 aliphatic carbocycles. The Bertz CT molecular complexity index is 689. The van der Waals surface area contributed by atoms with Gasteiger partial charge in [-0.1, -0.05) is 37.6 Å². The lowest BCUT2D eigenvalue weighted by atomic mass is 10.1. The number of rotatable bonds is 5. The fourth-order valence-corrected chi connectivity index (χ4v) is 2.90. The van der Waals surface area contributed by atoms with E-state index >= 15 is 0 Å². The van der Waals surface area contributed by atoms with E-state index in [1.165, 1.54) is 0 Å². The summed E-state index contributed by atoms with van der Waals surface area (Å²) in [6.07, 6.45) is 2.08.